The molecule has 0 saturated carbocycles. The molecule has 3 aromatic rings. The van der Waals surface area contributed by atoms with Gasteiger partial charge in [-0.1, -0.05) is 6.07 Å². The maximum absolute atomic E-state index is 12.6. The molecule has 2 aromatic carbocycles. The van der Waals surface area contributed by atoms with Crippen LogP contribution >= 0.6 is 0 Å². The molecular formula is C16H11N5O5. The van der Waals surface area contributed by atoms with Crippen molar-refractivity contribution in [2.75, 3.05) is 0 Å². The van der Waals surface area contributed by atoms with E-state index < -0.39 is 15.3 Å². The second kappa shape index (κ2) is 6.51. The molecule has 0 aliphatic carbocycles. The highest BCUT2D eigenvalue weighted by atomic mass is 16.6. The highest BCUT2D eigenvalue weighted by molar-refractivity contribution is 5.83. The number of nitrogens with zero attached hydrogens (tertiary/aromatic N) is 4. The minimum absolute atomic E-state index is 0.0258. The number of hydrogen-bond acceptors (Lipinski definition) is 7. The first-order valence-electron chi connectivity index (χ1n) is 7.34. The average Bonchev–Trinajstić information content (AvgIpc) is 2.61. The third-order valence-electron chi connectivity index (χ3n) is 3.66. The molecule has 0 unspecified atom stereocenters. The molecular weight excluding hydrogens is 342 g/mol. The Hall–Kier alpha value is -3.95. The van der Waals surface area contributed by atoms with Crippen molar-refractivity contribution >= 4 is 33.7 Å². The third-order valence-corrected chi connectivity index (χ3v) is 3.66. The molecule has 0 amide bonds. The maximum Gasteiger partial charge on any atom is 0.271 e. The predicted molar refractivity (Wildman–Crippen MR) is 93.2 cm³/mol. The van der Waals surface area contributed by atoms with Crippen LogP contribution in [0.3, 0.4) is 0 Å². The molecule has 10 heteroatoms. The Kier molecular flexibility index (Phi) is 4.23. The molecule has 0 atom stereocenters. The maximum atomic E-state index is 12.6. The lowest BCUT2D eigenvalue weighted by Crippen LogP contribution is -2.05. The standard InChI is InChI=1S/C16H11N5O5/c1-9-15(19-18-10-3-2-4-11(7-10)20(23)24)16(22)13-6-5-12(21(25)26)8-14(13)17-9/h2-8H,1H3,(H,17,22). The number of fused-ring (bicyclic) bond motifs is 1. The number of nitro groups is 2. The van der Waals surface area contributed by atoms with Gasteiger partial charge in [0.1, 0.15) is 0 Å². The Morgan fingerprint density at radius 3 is 2.35 bits per heavy atom. The molecule has 0 fully saturated rings. The van der Waals surface area contributed by atoms with Crippen molar-refractivity contribution in [3.8, 4) is 0 Å². The lowest BCUT2D eigenvalue weighted by molar-refractivity contribution is -0.384. The number of non-ortho nitro benzene ring substituents is 2. The van der Waals surface area contributed by atoms with Gasteiger partial charge in [0.05, 0.1) is 21.1 Å². The van der Waals surface area contributed by atoms with Gasteiger partial charge in [0.2, 0.25) is 5.43 Å². The Morgan fingerprint density at radius 2 is 1.65 bits per heavy atom. The van der Waals surface area contributed by atoms with Crippen LogP contribution in [0.5, 0.6) is 0 Å². The Balaban J connectivity index is 2.07. The second-order valence-corrected chi connectivity index (χ2v) is 5.39. The number of aromatic amines is 1. The van der Waals surface area contributed by atoms with E-state index >= 15 is 0 Å². The number of H-pyrrole nitrogens is 1. The number of benzene rings is 2. The largest absolute Gasteiger partial charge is 0.356 e. The monoisotopic (exact) mass is 353 g/mol. The van der Waals surface area contributed by atoms with E-state index in [-0.39, 0.29) is 28.1 Å². The molecule has 0 aliphatic heterocycles. The number of aromatic nitrogens is 1. The van der Waals surface area contributed by atoms with Gasteiger partial charge in [-0.2, -0.15) is 5.11 Å². The van der Waals surface area contributed by atoms with Crippen LogP contribution in [0.15, 0.2) is 57.5 Å². The Morgan fingerprint density at radius 1 is 0.962 bits per heavy atom. The van der Waals surface area contributed by atoms with Crippen LogP contribution in [0.2, 0.25) is 0 Å². The van der Waals surface area contributed by atoms with Crippen LogP contribution < -0.4 is 5.43 Å². The second-order valence-electron chi connectivity index (χ2n) is 5.39. The van der Waals surface area contributed by atoms with Crippen LogP contribution in [0.1, 0.15) is 5.69 Å². The van der Waals surface area contributed by atoms with E-state index in [0.717, 1.165) is 0 Å². The topological polar surface area (TPSA) is 144 Å². The van der Waals surface area contributed by atoms with Crippen molar-refractivity contribution < 1.29 is 9.85 Å². The van der Waals surface area contributed by atoms with Gasteiger partial charge in [0.25, 0.3) is 11.4 Å². The number of pyridine rings is 1. The van der Waals surface area contributed by atoms with Crippen LogP contribution in [0, 0.1) is 27.2 Å². The molecule has 130 valence electrons. The summed E-state index contributed by atoms with van der Waals surface area (Å²) in [7, 11) is 0. The first kappa shape index (κ1) is 16.9. The van der Waals surface area contributed by atoms with Gasteiger partial charge < -0.3 is 4.98 Å². The molecule has 0 saturated heterocycles. The molecule has 0 aliphatic rings. The average molecular weight is 353 g/mol. The van der Waals surface area contributed by atoms with Crippen LogP contribution in [-0.4, -0.2) is 14.8 Å². The normalized spacial score (nSPS) is 11.1. The number of aryl methyl sites for hydroxylation is 1. The number of azo groups is 1. The van der Waals surface area contributed by atoms with Crippen molar-refractivity contribution in [2.45, 2.75) is 6.92 Å². The van der Waals surface area contributed by atoms with Crippen molar-refractivity contribution in [3.63, 3.8) is 0 Å². The fourth-order valence-electron chi connectivity index (χ4n) is 2.40. The van der Waals surface area contributed by atoms with E-state index in [1.54, 1.807) is 6.92 Å². The molecule has 26 heavy (non-hydrogen) atoms. The van der Waals surface area contributed by atoms with Crippen LogP contribution in [0.25, 0.3) is 10.9 Å². The van der Waals surface area contributed by atoms with Gasteiger partial charge in [0, 0.05) is 35.3 Å². The zero-order valence-corrected chi connectivity index (χ0v) is 13.4. The summed E-state index contributed by atoms with van der Waals surface area (Å²) in [5.41, 5.74) is 0.213. The first-order valence-corrected chi connectivity index (χ1v) is 7.34. The quantitative estimate of drug-likeness (QED) is 0.427. The molecule has 0 radical (unpaired) electrons. The van der Waals surface area contributed by atoms with Crippen LogP contribution in [-0.2, 0) is 0 Å². The van der Waals surface area contributed by atoms with Gasteiger partial charge >= 0.3 is 0 Å². The summed E-state index contributed by atoms with van der Waals surface area (Å²) in [4.78, 5) is 36.0. The minimum atomic E-state index is -0.556. The van der Waals surface area contributed by atoms with E-state index in [0.29, 0.717) is 11.2 Å². The molecule has 10 nitrogen and oxygen atoms in total. The van der Waals surface area contributed by atoms with Crippen molar-refractivity contribution in [2.24, 2.45) is 10.2 Å². The minimum Gasteiger partial charge on any atom is -0.356 e. The zero-order chi connectivity index (χ0) is 18.8. The van der Waals surface area contributed by atoms with Gasteiger partial charge in [-0.3, -0.25) is 25.0 Å². The molecule has 1 aromatic heterocycles. The number of hydrogen-bond donors (Lipinski definition) is 1. The van der Waals surface area contributed by atoms with Crippen molar-refractivity contribution in [1.29, 1.82) is 0 Å². The van der Waals surface area contributed by atoms with E-state index in [4.69, 9.17) is 0 Å². The molecule has 1 heterocycles. The first-order chi connectivity index (χ1) is 12.4. The number of nitro benzene ring substituents is 2. The summed E-state index contributed by atoms with van der Waals surface area (Å²) in [6.07, 6.45) is 0. The fourth-order valence-corrected chi connectivity index (χ4v) is 2.40. The molecule has 3 rings (SSSR count). The van der Waals surface area contributed by atoms with Crippen molar-refractivity contribution in [1.82, 2.24) is 4.98 Å². The van der Waals surface area contributed by atoms with Gasteiger partial charge in [-0.25, -0.2) is 0 Å². The van der Waals surface area contributed by atoms with Crippen molar-refractivity contribution in [3.05, 3.63) is 78.6 Å². The molecule has 0 spiro atoms. The summed E-state index contributed by atoms with van der Waals surface area (Å²) in [6.45, 7) is 1.58. The van der Waals surface area contributed by atoms with Gasteiger partial charge in [-0.05, 0) is 19.1 Å². The third kappa shape index (κ3) is 3.15. The smallest absolute Gasteiger partial charge is 0.271 e. The summed E-state index contributed by atoms with van der Waals surface area (Å²) >= 11 is 0. The van der Waals surface area contributed by atoms with E-state index in [1.165, 1.54) is 42.5 Å². The summed E-state index contributed by atoms with van der Waals surface area (Å²) in [6, 6.07) is 9.38. The van der Waals surface area contributed by atoms with Crippen LogP contribution in [0.4, 0.5) is 22.7 Å². The molecule has 0 bridgehead atoms. The fraction of sp³-hybridized carbons (Fsp3) is 0.0625. The van der Waals surface area contributed by atoms with Gasteiger partial charge in [-0.15, -0.1) is 5.11 Å². The highest BCUT2D eigenvalue weighted by Crippen LogP contribution is 2.24. The Bertz CT molecular complexity index is 1140. The lowest BCUT2D eigenvalue weighted by atomic mass is 10.1. The van der Waals surface area contributed by atoms with E-state index in [9.17, 15) is 25.0 Å². The highest BCUT2D eigenvalue weighted by Gasteiger charge is 2.13. The SMILES string of the molecule is Cc1[nH]c2cc([N+](=O)[O-])ccc2c(=O)c1N=Nc1cccc([N+](=O)[O-])c1. The number of rotatable bonds is 4. The zero-order valence-electron chi connectivity index (χ0n) is 13.4. The van der Waals surface area contributed by atoms with E-state index in [1.807, 2.05) is 0 Å². The number of nitrogens with one attached hydrogen (secondary N) is 1. The van der Waals surface area contributed by atoms with E-state index in [2.05, 4.69) is 15.2 Å². The lowest BCUT2D eigenvalue weighted by Gasteiger charge is -2.03. The Labute approximate surface area is 145 Å². The predicted octanol–water partition coefficient (Wildman–Crippen LogP) is 4.07. The van der Waals surface area contributed by atoms with Gasteiger partial charge in [0.15, 0.2) is 5.69 Å². The molecule has 1 N–H and O–H groups in total. The summed E-state index contributed by atoms with van der Waals surface area (Å²) < 4.78 is 0. The summed E-state index contributed by atoms with van der Waals surface area (Å²) in [5, 5.41) is 29.7. The summed E-state index contributed by atoms with van der Waals surface area (Å²) in [5.74, 6) is 0.